The van der Waals surface area contributed by atoms with E-state index in [1.165, 1.54) is 7.11 Å². The molecule has 130 valence electrons. The molecule has 0 unspecified atom stereocenters. The van der Waals surface area contributed by atoms with E-state index in [-0.39, 0.29) is 17.6 Å². The molecule has 0 aliphatic heterocycles. The van der Waals surface area contributed by atoms with Crippen LogP contribution >= 0.6 is 0 Å². The van der Waals surface area contributed by atoms with Crippen molar-refractivity contribution in [3.05, 3.63) is 35.5 Å². The monoisotopic (exact) mass is 333 g/mol. The molecule has 24 heavy (non-hydrogen) atoms. The summed E-state index contributed by atoms with van der Waals surface area (Å²) >= 11 is 0. The summed E-state index contributed by atoms with van der Waals surface area (Å²) in [6, 6.07) is 4.98. The van der Waals surface area contributed by atoms with Crippen LogP contribution in [0.2, 0.25) is 0 Å². The molecule has 0 aliphatic carbocycles. The molecule has 0 bridgehead atoms. The summed E-state index contributed by atoms with van der Waals surface area (Å²) in [7, 11) is 1.49. The van der Waals surface area contributed by atoms with Crippen LogP contribution in [0.1, 0.15) is 49.9 Å². The van der Waals surface area contributed by atoms with E-state index in [1.807, 2.05) is 13.8 Å². The third kappa shape index (κ3) is 4.97. The maximum atomic E-state index is 11.9. The molecule has 1 heterocycles. The molecule has 0 spiro atoms. The molecule has 0 atom stereocenters. The predicted molar refractivity (Wildman–Crippen MR) is 87.8 cm³/mol. The van der Waals surface area contributed by atoms with Crippen LogP contribution in [-0.4, -0.2) is 28.3 Å². The number of amides is 1. The summed E-state index contributed by atoms with van der Waals surface area (Å²) in [6.07, 6.45) is 1.61. The highest BCUT2D eigenvalue weighted by molar-refractivity contribution is 5.75. The van der Waals surface area contributed by atoms with Crippen molar-refractivity contribution in [3.63, 3.8) is 0 Å². The van der Waals surface area contributed by atoms with Crippen molar-refractivity contribution in [2.45, 2.75) is 45.6 Å². The fourth-order valence-corrected chi connectivity index (χ4v) is 2.13. The number of aryl methyl sites for hydroxylation is 1. The van der Waals surface area contributed by atoms with Gasteiger partial charge in [-0.3, -0.25) is 4.79 Å². The second kappa shape index (κ2) is 8.33. The molecule has 0 saturated heterocycles. The molecule has 0 saturated carbocycles. The van der Waals surface area contributed by atoms with Gasteiger partial charge in [-0.15, -0.1) is 0 Å². The van der Waals surface area contributed by atoms with Crippen molar-refractivity contribution in [1.29, 1.82) is 0 Å². The van der Waals surface area contributed by atoms with Crippen molar-refractivity contribution in [2.75, 3.05) is 7.11 Å². The minimum Gasteiger partial charge on any atom is -0.504 e. The lowest BCUT2D eigenvalue weighted by atomic mass is 10.2. The molecule has 0 fully saturated rings. The van der Waals surface area contributed by atoms with E-state index in [4.69, 9.17) is 9.26 Å². The summed E-state index contributed by atoms with van der Waals surface area (Å²) < 4.78 is 10.2. The molecule has 0 aliphatic rings. The number of benzene rings is 1. The first-order valence-corrected chi connectivity index (χ1v) is 7.94. The first-order valence-electron chi connectivity index (χ1n) is 7.94. The Morgan fingerprint density at radius 1 is 1.42 bits per heavy atom. The van der Waals surface area contributed by atoms with Gasteiger partial charge in [0.25, 0.3) is 0 Å². The molecule has 1 aromatic carbocycles. The number of carbonyl (C=O) groups is 1. The van der Waals surface area contributed by atoms with Gasteiger partial charge in [-0.05, 0) is 24.1 Å². The molecule has 2 N–H and O–H groups in total. The van der Waals surface area contributed by atoms with Gasteiger partial charge in [-0.1, -0.05) is 25.1 Å². The lowest BCUT2D eigenvalue weighted by Crippen LogP contribution is -2.22. The van der Waals surface area contributed by atoms with Crippen LogP contribution in [0.15, 0.2) is 22.7 Å². The quantitative estimate of drug-likeness (QED) is 0.770. The average Bonchev–Trinajstić information content (AvgIpc) is 3.03. The maximum Gasteiger partial charge on any atom is 0.226 e. The zero-order valence-electron chi connectivity index (χ0n) is 14.2. The molecule has 7 heteroatoms. The lowest BCUT2D eigenvalue weighted by Gasteiger charge is -2.08. The molecule has 7 nitrogen and oxygen atoms in total. The lowest BCUT2D eigenvalue weighted by molar-refractivity contribution is -0.121. The molecular formula is C17H23N3O4. The number of rotatable bonds is 8. The van der Waals surface area contributed by atoms with Crippen LogP contribution in [0.4, 0.5) is 0 Å². The number of aromatic nitrogens is 2. The van der Waals surface area contributed by atoms with Crippen LogP contribution in [0.3, 0.4) is 0 Å². The fraction of sp³-hybridized carbons (Fsp3) is 0.471. The Labute approximate surface area is 141 Å². The van der Waals surface area contributed by atoms with Crippen LogP contribution < -0.4 is 10.1 Å². The Hall–Kier alpha value is -2.57. The smallest absolute Gasteiger partial charge is 0.226 e. The van der Waals surface area contributed by atoms with E-state index in [0.717, 1.165) is 5.56 Å². The van der Waals surface area contributed by atoms with Crippen LogP contribution in [0.5, 0.6) is 11.5 Å². The largest absolute Gasteiger partial charge is 0.504 e. The summed E-state index contributed by atoms with van der Waals surface area (Å²) in [6.45, 7) is 4.38. The number of hydrogen-bond donors (Lipinski definition) is 2. The van der Waals surface area contributed by atoms with Crippen molar-refractivity contribution in [1.82, 2.24) is 15.5 Å². The molecular weight excluding hydrogens is 310 g/mol. The number of phenolic OH excluding ortho intramolecular Hbond substituents is 1. The van der Waals surface area contributed by atoms with Crippen molar-refractivity contribution in [3.8, 4) is 11.5 Å². The van der Waals surface area contributed by atoms with E-state index >= 15 is 0 Å². The average molecular weight is 333 g/mol. The van der Waals surface area contributed by atoms with Gasteiger partial charge < -0.3 is 19.7 Å². The third-order valence-electron chi connectivity index (χ3n) is 3.53. The topological polar surface area (TPSA) is 97.5 Å². The summed E-state index contributed by atoms with van der Waals surface area (Å²) in [4.78, 5) is 16.2. The first-order chi connectivity index (χ1) is 11.5. The van der Waals surface area contributed by atoms with Gasteiger partial charge in [0.05, 0.1) is 7.11 Å². The Bertz CT molecular complexity index is 682. The van der Waals surface area contributed by atoms with E-state index in [0.29, 0.717) is 43.3 Å². The standard InChI is InChI=1S/C17H23N3O4/c1-11(2)17-19-16(24-20-17)6-4-5-15(22)18-10-12-7-8-13(21)14(9-12)23-3/h7-9,11,21H,4-6,10H2,1-3H3,(H,18,22). The van der Waals surface area contributed by atoms with Crippen LogP contribution in [-0.2, 0) is 17.8 Å². The fourth-order valence-electron chi connectivity index (χ4n) is 2.13. The molecule has 0 radical (unpaired) electrons. The minimum absolute atomic E-state index is 0.0503. The maximum absolute atomic E-state index is 11.9. The van der Waals surface area contributed by atoms with E-state index < -0.39 is 0 Å². The van der Waals surface area contributed by atoms with Gasteiger partial charge in [-0.25, -0.2) is 0 Å². The van der Waals surface area contributed by atoms with Crippen molar-refractivity contribution in [2.24, 2.45) is 0 Å². The Kier molecular flexibility index (Phi) is 6.17. The Morgan fingerprint density at radius 3 is 2.88 bits per heavy atom. The molecule has 2 aromatic rings. The van der Waals surface area contributed by atoms with Crippen molar-refractivity contribution < 1.29 is 19.2 Å². The third-order valence-corrected chi connectivity index (χ3v) is 3.53. The Morgan fingerprint density at radius 2 is 2.21 bits per heavy atom. The highest BCUT2D eigenvalue weighted by Gasteiger charge is 2.10. The second-order valence-corrected chi connectivity index (χ2v) is 5.84. The van der Waals surface area contributed by atoms with Gasteiger partial charge >= 0.3 is 0 Å². The number of aromatic hydroxyl groups is 1. The highest BCUT2D eigenvalue weighted by Crippen LogP contribution is 2.26. The van der Waals surface area contributed by atoms with Gasteiger partial charge in [0, 0.05) is 25.3 Å². The molecule has 1 aromatic heterocycles. The normalized spacial score (nSPS) is 10.8. The number of hydrogen-bond acceptors (Lipinski definition) is 6. The zero-order valence-corrected chi connectivity index (χ0v) is 14.2. The number of carbonyl (C=O) groups excluding carboxylic acids is 1. The molecule has 1 amide bonds. The Balaban J connectivity index is 1.73. The second-order valence-electron chi connectivity index (χ2n) is 5.84. The summed E-state index contributed by atoms with van der Waals surface area (Å²) in [5.74, 6) is 1.90. The zero-order chi connectivity index (χ0) is 17.5. The van der Waals surface area contributed by atoms with Gasteiger partial charge in [0.15, 0.2) is 17.3 Å². The number of phenols is 1. The predicted octanol–water partition coefficient (Wildman–Crippen LogP) is 2.55. The number of nitrogens with one attached hydrogen (secondary N) is 1. The summed E-state index contributed by atoms with van der Waals surface area (Å²) in [5, 5.41) is 16.3. The van der Waals surface area contributed by atoms with Crippen molar-refractivity contribution >= 4 is 5.91 Å². The first kappa shape index (κ1) is 17.8. The van der Waals surface area contributed by atoms with E-state index in [9.17, 15) is 9.90 Å². The number of ether oxygens (including phenoxy) is 1. The van der Waals surface area contributed by atoms with Gasteiger partial charge in [-0.2, -0.15) is 4.98 Å². The SMILES string of the molecule is COc1cc(CNC(=O)CCCc2nc(C(C)C)no2)ccc1O. The number of nitrogens with zero attached hydrogens (tertiary/aromatic N) is 2. The van der Waals surface area contributed by atoms with Gasteiger partial charge in [0.1, 0.15) is 0 Å². The minimum atomic E-state index is -0.0503. The number of methoxy groups -OCH3 is 1. The highest BCUT2D eigenvalue weighted by atomic mass is 16.5. The van der Waals surface area contributed by atoms with Crippen LogP contribution in [0.25, 0.3) is 0 Å². The van der Waals surface area contributed by atoms with E-state index in [1.54, 1.807) is 18.2 Å². The summed E-state index contributed by atoms with van der Waals surface area (Å²) in [5.41, 5.74) is 0.858. The molecule has 2 rings (SSSR count). The van der Waals surface area contributed by atoms with E-state index in [2.05, 4.69) is 15.5 Å². The van der Waals surface area contributed by atoms with Crippen LogP contribution in [0, 0.1) is 0 Å². The van der Waals surface area contributed by atoms with Gasteiger partial charge in [0.2, 0.25) is 11.8 Å².